The van der Waals surface area contributed by atoms with Crippen LogP contribution in [0.25, 0.3) is 0 Å². The lowest BCUT2D eigenvalue weighted by atomic mass is 9.92. The minimum atomic E-state index is -0.618. The van der Waals surface area contributed by atoms with Crippen LogP contribution in [0.4, 0.5) is 10.1 Å². The fraction of sp³-hybridized carbons (Fsp3) is 0.600. The van der Waals surface area contributed by atoms with Gasteiger partial charge >= 0.3 is 0 Å². The zero-order valence-corrected chi connectivity index (χ0v) is 11.4. The number of halogens is 1. The van der Waals surface area contributed by atoms with Crippen molar-refractivity contribution in [3.8, 4) is 0 Å². The second kappa shape index (κ2) is 5.27. The summed E-state index contributed by atoms with van der Waals surface area (Å²) in [6, 6.07) is 5.43. The van der Waals surface area contributed by atoms with Crippen molar-refractivity contribution in [2.75, 3.05) is 11.4 Å². The van der Waals surface area contributed by atoms with Gasteiger partial charge in [-0.3, -0.25) is 0 Å². The zero-order chi connectivity index (χ0) is 13.3. The molecule has 0 aromatic heterocycles. The molecule has 1 aromatic rings. The Hall–Kier alpha value is -1.09. The zero-order valence-electron chi connectivity index (χ0n) is 11.4. The first-order chi connectivity index (χ1) is 8.49. The van der Waals surface area contributed by atoms with E-state index in [1.807, 2.05) is 6.07 Å². The number of piperidine rings is 1. The minimum absolute atomic E-state index is 0.227. The van der Waals surface area contributed by atoms with Crippen LogP contribution in [-0.2, 0) is 0 Å². The Bertz CT molecular complexity index is 419. The van der Waals surface area contributed by atoms with E-state index in [1.165, 1.54) is 6.07 Å². The monoisotopic (exact) mass is 251 g/mol. The maximum atomic E-state index is 14.1. The van der Waals surface area contributed by atoms with Gasteiger partial charge in [0.25, 0.3) is 0 Å². The van der Waals surface area contributed by atoms with E-state index in [2.05, 4.69) is 18.7 Å². The van der Waals surface area contributed by atoms with Gasteiger partial charge in [0.2, 0.25) is 0 Å². The van der Waals surface area contributed by atoms with Crippen LogP contribution < -0.4 is 4.90 Å². The lowest BCUT2D eigenvalue weighted by Gasteiger charge is -2.38. The summed E-state index contributed by atoms with van der Waals surface area (Å²) in [6.07, 6.45) is 1.60. The highest BCUT2D eigenvalue weighted by atomic mass is 19.1. The van der Waals surface area contributed by atoms with E-state index in [0.29, 0.717) is 17.3 Å². The molecular formula is C15H22FNO. The van der Waals surface area contributed by atoms with Crippen LogP contribution in [0, 0.1) is 11.7 Å². The first kappa shape index (κ1) is 13.3. The molecule has 1 aromatic carbocycles. The molecule has 1 N–H and O–H groups in total. The van der Waals surface area contributed by atoms with Gasteiger partial charge < -0.3 is 10.0 Å². The Morgan fingerprint density at radius 3 is 2.67 bits per heavy atom. The van der Waals surface area contributed by atoms with Crippen molar-refractivity contribution in [3.63, 3.8) is 0 Å². The standard InChI is InChI=1S/C15H22FNO/c1-10-6-7-17(11(2)8-10)15-5-4-13(12(3)18)9-14(15)16/h4-5,9-12,18H,6-8H2,1-3H3/t10?,11?,12-/m1/s1. The number of aliphatic hydroxyl groups excluding tert-OH is 1. The van der Waals surface area contributed by atoms with E-state index in [4.69, 9.17) is 0 Å². The summed E-state index contributed by atoms with van der Waals surface area (Å²) in [6.45, 7) is 6.96. The molecule has 0 amide bonds. The number of nitrogens with zero attached hydrogens (tertiary/aromatic N) is 1. The molecule has 2 rings (SSSR count). The molecule has 0 saturated carbocycles. The molecule has 1 aliphatic heterocycles. The number of benzene rings is 1. The molecule has 0 radical (unpaired) electrons. The van der Waals surface area contributed by atoms with E-state index >= 15 is 0 Å². The van der Waals surface area contributed by atoms with Crippen LogP contribution in [0.15, 0.2) is 18.2 Å². The van der Waals surface area contributed by atoms with Gasteiger partial charge in [-0.15, -0.1) is 0 Å². The van der Waals surface area contributed by atoms with Gasteiger partial charge in [0.05, 0.1) is 11.8 Å². The maximum absolute atomic E-state index is 14.1. The van der Waals surface area contributed by atoms with Gasteiger partial charge in [0, 0.05) is 12.6 Å². The minimum Gasteiger partial charge on any atom is -0.389 e. The Balaban J connectivity index is 2.23. The predicted molar refractivity (Wildman–Crippen MR) is 72.2 cm³/mol. The van der Waals surface area contributed by atoms with Crippen LogP contribution in [-0.4, -0.2) is 17.7 Å². The summed E-state index contributed by atoms with van der Waals surface area (Å²) in [5, 5.41) is 9.46. The van der Waals surface area contributed by atoms with Gasteiger partial charge in [-0.25, -0.2) is 4.39 Å². The van der Waals surface area contributed by atoms with E-state index in [0.717, 1.165) is 25.3 Å². The van der Waals surface area contributed by atoms with Crippen molar-refractivity contribution >= 4 is 5.69 Å². The van der Waals surface area contributed by atoms with Crippen LogP contribution in [0.5, 0.6) is 0 Å². The highest BCUT2D eigenvalue weighted by Crippen LogP contribution is 2.30. The Morgan fingerprint density at radius 1 is 1.39 bits per heavy atom. The second-order valence-electron chi connectivity index (χ2n) is 5.56. The third-order valence-corrected chi connectivity index (χ3v) is 3.90. The molecule has 2 unspecified atom stereocenters. The summed E-state index contributed by atoms with van der Waals surface area (Å²) in [7, 11) is 0. The maximum Gasteiger partial charge on any atom is 0.146 e. The largest absolute Gasteiger partial charge is 0.389 e. The molecular weight excluding hydrogens is 229 g/mol. The highest BCUT2D eigenvalue weighted by Gasteiger charge is 2.25. The third-order valence-electron chi connectivity index (χ3n) is 3.90. The van der Waals surface area contributed by atoms with Crippen molar-refractivity contribution in [1.29, 1.82) is 0 Å². The summed E-state index contributed by atoms with van der Waals surface area (Å²) in [4.78, 5) is 2.14. The van der Waals surface area contributed by atoms with Gasteiger partial charge in [-0.1, -0.05) is 13.0 Å². The second-order valence-corrected chi connectivity index (χ2v) is 5.56. The number of hydrogen-bond acceptors (Lipinski definition) is 2. The molecule has 18 heavy (non-hydrogen) atoms. The molecule has 0 spiro atoms. The lowest BCUT2D eigenvalue weighted by molar-refractivity contribution is 0.199. The first-order valence-electron chi connectivity index (χ1n) is 6.73. The fourth-order valence-electron chi connectivity index (χ4n) is 2.78. The Morgan fingerprint density at radius 2 is 2.11 bits per heavy atom. The molecule has 100 valence electrons. The van der Waals surface area contributed by atoms with Crippen LogP contribution >= 0.6 is 0 Å². The molecule has 1 saturated heterocycles. The molecule has 0 aliphatic carbocycles. The Kier molecular flexibility index (Phi) is 3.91. The number of hydrogen-bond donors (Lipinski definition) is 1. The average Bonchev–Trinajstić information content (AvgIpc) is 2.30. The molecule has 3 atom stereocenters. The number of rotatable bonds is 2. The van der Waals surface area contributed by atoms with E-state index in [9.17, 15) is 9.50 Å². The van der Waals surface area contributed by atoms with Crippen molar-refractivity contribution in [2.45, 2.75) is 45.8 Å². The predicted octanol–water partition coefficient (Wildman–Crippen LogP) is 3.50. The molecule has 3 heteroatoms. The SMILES string of the molecule is CC1CCN(c2ccc([C@@H](C)O)cc2F)C(C)C1. The average molecular weight is 251 g/mol. The van der Waals surface area contributed by atoms with Crippen LogP contribution in [0.1, 0.15) is 45.3 Å². The van der Waals surface area contributed by atoms with Crippen LogP contribution in [0.3, 0.4) is 0 Å². The summed E-state index contributed by atoms with van der Waals surface area (Å²) < 4.78 is 14.1. The van der Waals surface area contributed by atoms with Crippen molar-refractivity contribution in [1.82, 2.24) is 0 Å². The van der Waals surface area contributed by atoms with Crippen molar-refractivity contribution in [3.05, 3.63) is 29.6 Å². The summed E-state index contributed by atoms with van der Waals surface area (Å²) >= 11 is 0. The van der Waals surface area contributed by atoms with Gasteiger partial charge in [0.1, 0.15) is 5.82 Å². The van der Waals surface area contributed by atoms with E-state index in [1.54, 1.807) is 13.0 Å². The van der Waals surface area contributed by atoms with E-state index in [-0.39, 0.29) is 5.82 Å². The third kappa shape index (κ3) is 2.66. The summed E-state index contributed by atoms with van der Waals surface area (Å²) in [5.41, 5.74) is 1.30. The molecule has 1 heterocycles. The normalized spacial score (nSPS) is 26.2. The topological polar surface area (TPSA) is 23.5 Å². The van der Waals surface area contributed by atoms with Gasteiger partial charge in [-0.05, 0) is 50.3 Å². The highest BCUT2D eigenvalue weighted by molar-refractivity contribution is 5.50. The summed E-state index contributed by atoms with van der Waals surface area (Å²) in [5.74, 6) is 0.492. The Labute approximate surface area is 108 Å². The molecule has 1 fully saturated rings. The number of anilines is 1. The lowest BCUT2D eigenvalue weighted by Crippen LogP contribution is -2.40. The smallest absolute Gasteiger partial charge is 0.146 e. The van der Waals surface area contributed by atoms with Crippen molar-refractivity contribution in [2.24, 2.45) is 5.92 Å². The van der Waals surface area contributed by atoms with Crippen LogP contribution in [0.2, 0.25) is 0 Å². The number of aliphatic hydroxyl groups is 1. The van der Waals surface area contributed by atoms with E-state index < -0.39 is 6.10 Å². The first-order valence-corrected chi connectivity index (χ1v) is 6.73. The van der Waals surface area contributed by atoms with Gasteiger partial charge in [0.15, 0.2) is 0 Å². The quantitative estimate of drug-likeness (QED) is 0.869. The fourth-order valence-corrected chi connectivity index (χ4v) is 2.78. The van der Waals surface area contributed by atoms with Gasteiger partial charge in [-0.2, -0.15) is 0 Å². The molecule has 2 nitrogen and oxygen atoms in total. The molecule has 1 aliphatic rings. The van der Waals surface area contributed by atoms with Crippen molar-refractivity contribution < 1.29 is 9.50 Å². The molecule has 0 bridgehead atoms.